The zero-order chi connectivity index (χ0) is 15.7. The molecule has 0 saturated carbocycles. The van der Waals surface area contributed by atoms with Gasteiger partial charge in [-0.25, -0.2) is 14.4 Å². The number of hydrogen-bond acceptors (Lipinski definition) is 5. The first-order valence-corrected chi connectivity index (χ1v) is 6.34. The summed E-state index contributed by atoms with van der Waals surface area (Å²) in [7, 11) is 0. The lowest BCUT2D eigenvalue weighted by Gasteiger charge is -2.16. The molecule has 0 radical (unpaired) electrons. The van der Waals surface area contributed by atoms with Crippen molar-refractivity contribution in [2.24, 2.45) is 4.99 Å². The van der Waals surface area contributed by atoms with E-state index in [1.807, 2.05) is 12.1 Å². The Hall–Kier alpha value is -3.45. The van der Waals surface area contributed by atoms with Gasteiger partial charge in [0.25, 0.3) is 0 Å². The molecular formula is C15H9FN6. The maximum atomic E-state index is 13.0. The predicted molar refractivity (Wildman–Crippen MR) is 77.6 cm³/mol. The molecule has 1 aliphatic rings. The molecule has 7 heteroatoms. The van der Waals surface area contributed by atoms with Crippen LogP contribution in [0.4, 0.5) is 10.2 Å². The second-order valence-corrected chi connectivity index (χ2v) is 4.56. The minimum absolute atomic E-state index is 0.0696. The van der Waals surface area contributed by atoms with Gasteiger partial charge in [0.05, 0.1) is 5.70 Å². The van der Waals surface area contributed by atoms with Crippen molar-refractivity contribution in [1.82, 2.24) is 14.9 Å². The third kappa shape index (κ3) is 2.11. The summed E-state index contributed by atoms with van der Waals surface area (Å²) in [5, 5.41) is 21.0. The molecule has 1 N–H and O–H groups in total. The zero-order valence-electron chi connectivity index (χ0n) is 11.5. The molecule has 0 aliphatic carbocycles. The number of nitrogens with zero attached hydrogens (tertiary/aromatic N) is 5. The number of imidazole rings is 1. The molecule has 106 valence electrons. The number of aromatic nitrogens is 2. The largest absolute Gasteiger partial charge is 0.340 e. The number of hydrogen-bond donors (Lipinski definition) is 1. The van der Waals surface area contributed by atoms with Crippen LogP contribution in [-0.2, 0) is 0 Å². The quantitative estimate of drug-likeness (QED) is 0.817. The van der Waals surface area contributed by atoms with Crippen molar-refractivity contribution in [3.8, 4) is 17.8 Å². The molecule has 0 unspecified atom stereocenters. The smallest absolute Gasteiger partial charge is 0.168 e. The number of nitrogens with one attached hydrogen (secondary N) is 1. The number of nitriles is 2. The van der Waals surface area contributed by atoms with Gasteiger partial charge in [0.15, 0.2) is 11.4 Å². The van der Waals surface area contributed by atoms with Gasteiger partial charge >= 0.3 is 0 Å². The number of benzene rings is 1. The van der Waals surface area contributed by atoms with Gasteiger partial charge in [0.1, 0.15) is 35.8 Å². The molecule has 0 spiro atoms. The van der Waals surface area contributed by atoms with Gasteiger partial charge in [-0.15, -0.1) is 0 Å². The van der Waals surface area contributed by atoms with Crippen LogP contribution in [0.25, 0.3) is 11.4 Å². The predicted octanol–water partition coefficient (Wildman–Crippen LogP) is 2.42. The number of rotatable bonds is 1. The molecule has 0 amide bonds. The highest BCUT2D eigenvalue weighted by Gasteiger charge is 2.23. The number of amidine groups is 1. The summed E-state index contributed by atoms with van der Waals surface area (Å²) in [6, 6.07) is 9.56. The lowest BCUT2D eigenvalue weighted by atomic mass is 10.1. The number of halogens is 1. The van der Waals surface area contributed by atoms with E-state index in [0.29, 0.717) is 28.7 Å². The number of aliphatic imine (C=N–C) groups is 1. The van der Waals surface area contributed by atoms with E-state index >= 15 is 0 Å². The maximum Gasteiger partial charge on any atom is 0.168 e. The Balaban J connectivity index is 2.22. The van der Waals surface area contributed by atoms with E-state index in [-0.39, 0.29) is 11.4 Å². The van der Waals surface area contributed by atoms with Crippen molar-refractivity contribution >= 4 is 17.4 Å². The molecule has 6 nitrogen and oxygen atoms in total. The Morgan fingerprint density at radius 1 is 1.23 bits per heavy atom. The third-order valence-corrected chi connectivity index (χ3v) is 3.14. The van der Waals surface area contributed by atoms with Gasteiger partial charge in [-0.2, -0.15) is 10.5 Å². The van der Waals surface area contributed by atoms with Crippen molar-refractivity contribution in [3.63, 3.8) is 0 Å². The van der Waals surface area contributed by atoms with Crippen molar-refractivity contribution in [3.05, 3.63) is 47.7 Å². The van der Waals surface area contributed by atoms with Crippen LogP contribution in [-0.4, -0.2) is 15.4 Å². The molecule has 22 heavy (non-hydrogen) atoms. The van der Waals surface area contributed by atoms with E-state index in [0.717, 1.165) is 0 Å². The molecule has 0 bridgehead atoms. The van der Waals surface area contributed by atoms with E-state index < -0.39 is 0 Å². The minimum atomic E-state index is -0.337. The third-order valence-electron chi connectivity index (χ3n) is 3.14. The molecule has 3 rings (SSSR count). The van der Waals surface area contributed by atoms with Gasteiger partial charge in [-0.05, 0) is 31.2 Å². The fourth-order valence-corrected chi connectivity index (χ4v) is 2.16. The Morgan fingerprint density at radius 3 is 2.55 bits per heavy atom. The summed E-state index contributed by atoms with van der Waals surface area (Å²) in [6.07, 6.45) is 1.52. The SMILES string of the molecule is CC1=Nc2c(ncn2-c2ccc(F)cc2)C(=C(C#N)C#N)N1. The molecule has 0 atom stereocenters. The molecule has 2 aromatic rings. The van der Waals surface area contributed by atoms with Gasteiger partial charge in [-0.3, -0.25) is 4.57 Å². The van der Waals surface area contributed by atoms with Crippen LogP contribution >= 0.6 is 0 Å². The van der Waals surface area contributed by atoms with Crippen LogP contribution in [0.3, 0.4) is 0 Å². The average molecular weight is 292 g/mol. The summed E-state index contributed by atoms with van der Waals surface area (Å²) < 4.78 is 14.7. The lowest BCUT2D eigenvalue weighted by molar-refractivity contribution is 0.627. The van der Waals surface area contributed by atoms with Crippen LogP contribution in [0.2, 0.25) is 0 Å². The van der Waals surface area contributed by atoms with E-state index in [1.54, 1.807) is 23.6 Å². The molecule has 1 aromatic heterocycles. The topological polar surface area (TPSA) is 89.8 Å². The highest BCUT2D eigenvalue weighted by Crippen LogP contribution is 2.31. The Kier molecular flexibility index (Phi) is 3.17. The van der Waals surface area contributed by atoms with Crippen LogP contribution < -0.4 is 5.32 Å². The molecule has 0 saturated heterocycles. The zero-order valence-corrected chi connectivity index (χ0v) is 11.5. The standard InChI is InChI=1S/C15H9FN6/c1-9-20-13(10(6-17)7-18)14-15(21-9)22(8-19-14)12-4-2-11(16)3-5-12/h2-5,8H,1H3,(H,20,21). The van der Waals surface area contributed by atoms with Gasteiger partial charge in [-0.1, -0.05) is 0 Å². The fourth-order valence-electron chi connectivity index (χ4n) is 2.16. The van der Waals surface area contributed by atoms with Crippen LogP contribution in [0, 0.1) is 28.5 Å². The number of allylic oxidation sites excluding steroid dienone is 1. The molecule has 2 heterocycles. The van der Waals surface area contributed by atoms with Crippen LogP contribution in [0.15, 0.2) is 41.2 Å². The molecular weight excluding hydrogens is 283 g/mol. The Morgan fingerprint density at radius 2 is 1.91 bits per heavy atom. The van der Waals surface area contributed by atoms with E-state index in [9.17, 15) is 4.39 Å². The molecule has 1 aliphatic heterocycles. The van der Waals surface area contributed by atoms with Crippen LogP contribution in [0.5, 0.6) is 0 Å². The number of fused-ring (bicyclic) bond motifs is 1. The lowest BCUT2D eigenvalue weighted by Crippen LogP contribution is -2.23. The summed E-state index contributed by atoms with van der Waals surface area (Å²) in [5.74, 6) is 0.686. The van der Waals surface area contributed by atoms with E-state index in [2.05, 4.69) is 15.3 Å². The van der Waals surface area contributed by atoms with E-state index in [4.69, 9.17) is 10.5 Å². The monoisotopic (exact) mass is 292 g/mol. The molecule has 1 aromatic carbocycles. The van der Waals surface area contributed by atoms with E-state index in [1.165, 1.54) is 18.5 Å². The second kappa shape index (κ2) is 5.15. The van der Waals surface area contributed by atoms with Gasteiger partial charge in [0, 0.05) is 5.69 Å². The van der Waals surface area contributed by atoms with Gasteiger partial charge < -0.3 is 5.32 Å². The second-order valence-electron chi connectivity index (χ2n) is 4.56. The Labute approximate surface area is 125 Å². The molecule has 0 fully saturated rings. The van der Waals surface area contributed by atoms with Crippen LogP contribution in [0.1, 0.15) is 12.6 Å². The van der Waals surface area contributed by atoms with Crippen molar-refractivity contribution in [2.75, 3.05) is 0 Å². The average Bonchev–Trinajstić information content (AvgIpc) is 2.93. The summed E-state index contributed by atoms with van der Waals surface area (Å²) in [4.78, 5) is 8.59. The van der Waals surface area contributed by atoms with Crippen molar-refractivity contribution in [2.45, 2.75) is 6.92 Å². The Bertz CT molecular complexity index is 874. The summed E-state index contributed by atoms with van der Waals surface area (Å²) in [6.45, 7) is 1.72. The maximum absolute atomic E-state index is 13.0. The van der Waals surface area contributed by atoms with Gasteiger partial charge in [0.2, 0.25) is 0 Å². The van der Waals surface area contributed by atoms with Crippen molar-refractivity contribution < 1.29 is 4.39 Å². The first kappa shape index (κ1) is 13.5. The first-order chi connectivity index (χ1) is 10.6. The summed E-state index contributed by atoms with van der Waals surface area (Å²) >= 11 is 0. The highest BCUT2D eigenvalue weighted by molar-refractivity contribution is 5.97. The summed E-state index contributed by atoms with van der Waals surface area (Å²) in [5.41, 5.74) is 1.35. The minimum Gasteiger partial charge on any atom is -0.340 e. The highest BCUT2D eigenvalue weighted by atomic mass is 19.1. The normalized spacial score (nSPS) is 12.5. The first-order valence-electron chi connectivity index (χ1n) is 6.34. The van der Waals surface area contributed by atoms with Crippen molar-refractivity contribution in [1.29, 1.82) is 10.5 Å². The fraction of sp³-hybridized carbons (Fsp3) is 0.0667.